The van der Waals surface area contributed by atoms with Gasteiger partial charge in [0.2, 0.25) is 0 Å². The average molecular weight is 410 g/mol. The van der Waals surface area contributed by atoms with Gasteiger partial charge in [-0.25, -0.2) is 0 Å². The fourth-order valence-corrected chi connectivity index (χ4v) is 3.60. The van der Waals surface area contributed by atoms with E-state index in [1.165, 1.54) is 30.6 Å². The molecule has 2 aromatic rings. The van der Waals surface area contributed by atoms with Gasteiger partial charge < -0.3 is 10.1 Å². The Labute approximate surface area is 163 Å². The van der Waals surface area contributed by atoms with E-state index in [1.54, 1.807) is 17.5 Å². The van der Waals surface area contributed by atoms with Gasteiger partial charge in [-0.1, -0.05) is 12.1 Å². The Morgan fingerprint density at radius 3 is 2.57 bits per heavy atom. The van der Waals surface area contributed by atoms with E-state index in [9.17, 15) is 22.8 Å². The molecule has 2 heterocycles. The second-order valence-electron chi connectivity index (χ2n) is 6.04. The minimum absolute atomic E-state index is 0.0239. The Morgan fingerprint density at radius 2 is 1.93 bits per heavy atom. The van der Waals surface area contributed by atoms with Crippen LogP contribution in [0.15, 0.2) is 47.5 Å². The van der Waals surface area contributed by atoms with Crippen molar-refractivity contribution in [3.05, 3.63) is 57.9 Å². The Kier molecular flexibility index (Phi) is 5.85. The number of nitrogens with zero attached hydrogens (tertiary/aromatic N) is 1. The Hall–Kier alpha value is -2.65. The number of carbonyl (C=O) groups excluding carboxylic acids is 2. The van der Waals surface area contributed by atoms with Crippen LogP contribution in [0.2, 0.25) is 0 Å². The number of carbonyl (C=O) groups is 2. The van der Waals surface area contributed by atoms with Crippen molar-refractivity contribution in [3.63, 3.8) is 0 Å². The summed E-state index contributed by atoms with van der Waals surface area (Å²) in [6.45, 7) is 0.538. The number of hydrogen-bond acceptors (Lipinski definition) is 5. The maximum absolute atomic E-state index is 13.0. The van der Waals surface area contributed by atoms with E-state index in [0.29, 0.717) is 17.9 Å². The van der Waals surface area contributed by atoms with Crippen LogP contribution in [0.1, 0.15) is 16.9 Å². The van der Waals surface area contributed by atoms with Gasteiger partial charge in [-0.3, -0.25) is 14.5 Å². The highest BCUT2D eigenvalue weighted by Crippen LogP contribution is 2.35. The van der Waals surface area contributed by atoms with Gasteiger partial charge in [-0.2, -0.15) is 13.2 Å². The van der Waals surface area contributed by atoms with Gasteiger partial charge in [0.25, 0.3) is 11.8 Å². The molecule has 3 rings (SSSR count). The molecule has 1 aromatic heterocycles. The molecule has 0 bridgehead atoms. The highest BCUT2D eigenvalue weighted by molar-refractivity contribution is 7.11. The minimum Gasteiger partial charge on any atom is -0.385 e. The van der Waals surface area contributed by atoms with Crippen LogP contribution in [-0.4, -0.2) is 37.0 Å². The normalized spacial score (nSPS) is 14.9. The van der Waals surface area contributed by atoms with Gasteiger partial charge in [0.15, 0.2) is 0 Å². The third-order valence-corrected chi connectivity index (χ3v) is 5.01. The zero-order valence-electron chi connectivity index (χ0n) is 14.9. The molecule has 0 unspecified atom stereocenters. The standard InChI is InChI=1S/C19H17F3N2O3S/c1-27-9-4-8-24-17(25)15(14-7-3-10-28-14)16(18(24)26)23-13-6-2-5-12(11-13)19(20,21)22/h2-3,5-7,10-11,23H,4,8-9H2,1H3. The monoisotopic (exact) mass is 410 g/mol. The number of thiophene rings is 1. The molecule has 1 aliphatic heterocycles. The minimum atomic E-state index is -4.51. The van der Waals surface area contributed by atoms with E-state index in [2.05, 4.69) is 5.32 Å². The lowest BCUT2D eigenvalue weighted by Gasteiger charge is -2.15. The van der Waals surface area contributed by atoms with Gasteiger partial charge in [0.1, 0.15) is 5.70 Å². The second-order valence-corrected chi connectivity index (χ2v) is 6.99. The fourth-order valence-electron chi connectivity index (χ4n) is 2.83. The van der Waals surface area contributed by atoms with E-state index in [4.69, 9.17) is 4.74 Å². The lowest BCUT2D eigenvalue weighted by molar-refractivity contribution is -0.138. The molecule has 1 aliphatic rings. The smallest absolute Gasteiger partial charge is 0.385 e. The first-order valence-corrected chi connectivity index (χ1v) is 9.28. The SMILES string of the molecule is COCCCN1C(=O)C(Nc2cccc(C(F)(F)F)c2)=C(c2cccs2)C1=O. The predicted molar refractivity (Wildman–Crippen MR) is 99.5 cm³/mol. The van der Waals surface area contributed by atoms with Crippen molar-refractivity contribution >= 4 is 34.4 Å². The van der Waals surface area contributed by atoms with Crippen molar-refractivity contribution < 1.29 is 27.5 Å². The van der Waals surface area contributed by atoms with E-state index in [1.807, 2.05) is 0 Å². The maximum Gasteiger partial charge on any atom is 0.416 e. The van der Waals surface area contributed by atoms with Crippen molar-refractivity contribution in [3.8, 4) is 0 Å². The summed E-state index contributed by atoms with van der Waals surface area (Å²) < 4.78 is 43.9. The summed E-state index contributed by atoms with van der Waals surface area (Å²) >= 11 is 1.28. The summed E-state index contributed by atoms with van der Waals surface area (Å²) in [6, 6.07) is 7.94. The molecule has 5 nitrogen and oxygen atoms in total. The van der Waals surface area contributed by atoms with Crippen LogP contribution in [0.4, 0.5) is 18.9 Å². The number of alkyl halides is 3. The number of benzene rings is 1. The quantitative estimate of drug-likeness (QED) is 0.554. The van der Waals surface area contributed by atoms with Crippen LogP contribution in [0.5, 0.6) is 0 Å². The zero-order valence-corrected chi connectivity index (χ0v) is 15.7. The van der Waals surface area contributed by atoms with Crippen molar-refractivity contribution in [2.24, 2.45) is 0 Å². The molecule has 0 atom stereocenters. The Bertz CT molecular complexity index is 907. The highest BCUT2D eigenvalue weighted by Gasteiger charge is 2.39. The number of rotatable bonds is 7. The van der Waals surface area contributed by atoms with E-state index in [0.717, 1.165) is 17.0 Å². The Balaban J connectivity index is 1.95. The topological polar surface area (TPSA) is 58.6 Å². The summed E-state index contributed by atoms with van der Waals surface area (Å²) in [7, 11) is 1.52. The van der Waals surface area contributed by atoms with Crippen molar-refractivity contribution in [2.75, 3.05) is 25.6 Å². The maximum atomic E-state index is 13.0. The van der Waals surface area contributed by atoms with Gasteiger partial charge in [0, 0.05) is 30.8 Å². The molecule has 1 aromatic carbocycles. The molecule has 148 valence electrons. The molecule has 0 radical (unpaired) electrons. The molecule has 28 heavy (non-hydrogen) atoms. The third-order valence-electron chi connectivity index (χ3n) is 4.13. The van der Waals surface area contributed by atoms with Gasteiger partial charge in [0.05, 0.1) is 11.1 Å². The molecule has 2 amide bonds. The van der Waals surface area contributed by atoms with Crippen LogP contribution in [0, 0.1) is 0 Å². The van der Waals surface area contributed by atoms with Crippen LogP contribution in [0.25, 0.3) is 5.57 Å². The van der Waals surface area contributed by atoms with E-state index >= 15 is 0 Å². The van der Waals surface area contributed by atoms with Crippen LogP contribution < -0.4 is 5.32 Å². The van der Waals surface area contributed by atoms with Crippen molar-refractivity contribution in [1.29, 1.82) is 0 Å². The number of imide groups is 1. The van der Waals surface area contributed by atoms with E-state index < -0.39 is 23.6 Å². The molecule has 0 saturated heterocycles. The van der Waals surface area contributed by atoms with Crippen molar-refractivity contribution in [2.45, 2.75) is 12.6 Å². The lowest BCUT2D eigenvalue weighted by atomic mass is 10.1. The fraction of sp³-hybridized carbons (Fsp3) is 0.263. The molecule has 1 N–H and O–H groups in total. The zero-order chi connectivity index (χ0) is 20.3. The van der Waals surface area contributed by atoms with Gasteiger partial charge in [-0.15, -0.1) is 11.3 Å². The molecular formula is C19H17F3N2O3S. The lowest BCUT2D eigenvalue weighted by Crippen LogP contribution is -2.33. The molecule has 0 fully saturated rings. The summed E-state index contributed by atoms with van der Waals surface area (Å²) in [5.74, 6) is -1.04. The molecular weight excluding hydrogens is 393 g/mol. The molecule has 0 saturated carbocycles. The number of methoxy groups -OCH3 is 1. The Morgan fingerprint density at radius 1 is 1.14 bits per heavy atom. The average Bonchev–Trinajstić information content (AvgIpc) is 3.24. The number of hydrogen-bond donors (Lipinski definition) is 1. The van der Waals surface area contributed by atoms with Crippen LogP contribution in [-0.2, 0) is 20.5 Å². The summed E-state index contributed by atoms with van der Waals surface area (Å²) in [4.78, 5) is 27.3. The van der Waals surface area contributed by atoms with Gasteiger partial charge >= 0.3 is 6.18 Å². The molecule has 0 spiro atoms. The second kappa shape index (κ2) is 8.15. The number of anilines is 1. The number of ether oxygens (including phenoxy) is 1. The first-order valence-electron chi connectivity index (χ1n) is 8.40. The number of nitrogens with one attached hydrogen (secondary N) is 1. The van der Waals surface area contributed by atoms with Crippen LogP contribution in [0.3, 0.4) is 0 Å². The first kappa shape index (κ1) is 20.1. The van der Waals surface area contributed by atoms with Crippen LogP contribution >= 0.6 is 11.3 Å². The third kappa shape index (κ3) is 4.10. The van der Waals surface area contributed by atoms with Gasteiger partial charge in [-0.05, 0) is 36.1 Å². The van der Waals surface area contributed by atoms with E-state index in [-0.39, 0.29) is 23.5 Å². The number of amides is 2. The molecule has 9 heteroatoms. The largest absolute Gasteiger partial charge is 0.416 e. The highest BCUT2D eigenvalue weighted by atomic mass is 32.1. The predicted octanol–water partition coefficient (Wildman–Crippen LogP) is 4.00. The number of halogens is 3. The van der Waals surface area contributed by atoms with Crippen molar-refractivity contribution in [1.82, 2.24) is 4.90 Å². The molecule has 0 aliphatic carbocycles. The summed E-state index contributed by atoms with van der Waals surface area (Å²) in [5, 5.41) is 4.49. The summed E-state index contributed by atoms with van der Waals surface area (Å²) in [6.07, 6.45) is -4.05. The summed E-state index contributed by atoms with van der Waals surface area (Å²) in [5.41, 5.74) is -0.623. The first-order chi connectivity index (χ1) is 13.3.